The van der Waals surface area contributed by atoms with E-state index >= 15 is 0 Å². The van der Waals surface area contributed by atoms with Crippen LogP contribution < -0.4 is 5.73 Å². The van der Waals surface area contributed by atoms with Crippen LogP contribution in [0.3, 0.4) is 0 Å². The molecule has 2 aliphatic heterocycles. The van der Waals surface area contributed by atoms with Gasteiger partial charge in [-0.15, -0.1) is 0 Å². The van der Waals surface area contributed by atoms with Crippen molar-refractivity contribution in [3.05, 3.63) is 35.3 Å². The number of likely N-dealkylation sites (tertiary alicyclic amines) is 2. The van der Waals surface area contributed by atoms with Crippen molar-refractivity contribution < 1.29 is 13.9 Å². The lowest BCUT2D eigenvalue weighted by Crippen LogP contribution is -2.44. The molecule has 1 aromatic heterocycles. The van der Waals surface area contributed by atoms with E-state index in [-0.39, 0.29) is 12.4 Å². The van der Waals surface area contributed by atoms with Crippen LogP contribution >= 0.6 is 0 Å². The summed E-state index contributed by atoms with van der Waals surface area (Å²) in [6.07, 6.45) is 9.06. The normalized spacial score (nSPS) is 24.7. The summed E-state index contributed by atoms with van der Waals surface area (Å²) in [4.78, 5) is 16.7. The summed E-state index contributed by atoms with van der Waals surface area (Å²) in [7, 11) is 0. The Morgan fingerprint density at radius 3 is 2.36 bits per heavy atom. The molecule has 1 aliphatic carbocycles. The number of nitrogens with zero attached hydrogens (tertiary/aromatic N) is 3. The Hall–Kier alpha value is -2.12. The minimum Gasteiger partial charge on any atom is -0.443 e. The Balaban J connectivity index is 1.39. The molecule has 2 N–H and O–H groups in total. The van der Waals surface area contributed by atoms with Crippen LogP contribution in [0.25, 0.3) is 10.9 Å². The first-order valence-electron chi connectivity index (χ1n) is 14.1. The van der Waals surface area contributed by atoms with Crippen LogP contribution in [-0.4, -0.2) is 52.7 Å². The average molecular weight is 499 g/mol. The summed E-state index contributed by atoms with van der Waals surface area (Å²) in [5.41, 5.74) is 8.50. The van der Waals surface area contributed by atoms with Crippen molar-refractivity contribution in [2.45, 2.75) is 90.4 Å². The van der Waals surface area contributed by atoms with Crippen molar-refractivity contribution in [1.82, 2.24) is 14.4 Å². The molecule has 36 heavy (non-hydrogen) atoms. The molecular formula is C29H43FN4O2. The fourth-order valence-corrected chi connectivity index (χ4v) is 7.10. The van der Waals surface area contributed by atoms with Crippen molar-refractivity contribution in [3.63, 3.8) is 0 Å². The number of nitrogens with two attached hydrogens (primary N) is 1. The summed E-state index contributed by atoms with van der Waals surface area (Å²) in [5.74, 6) is 1.45. The fourth-order valence-electron chi connectivity index (χ4n) is 7.10. The number of aromatic nitrogens is 1. The highest BCUT2D eigenvalue weighted by Gasteiger charge is 2.32. The third-order valence-electron chi connectivity index (χ3n) is 9.18. The molecule has 2 aromatic rings. The number of fused-ring (bicyclic) bond motifs is 1. The SMILES string of the molecule is CC(C)[C@H]1CC[C@@H](N2CCC(n3c(COC(N)=O)c(CN4CCCC4)c4cc(F)ccc43)CC2)CC1. The molecule has 6 nitrogen and oxygen atoms in total. The lowest BCUT2D eigenvalue weighted by Gasteiger charge is -2.42. The van der Waals surface area contributed by atoms with Gasteiger partial charge in [0.2, 0.25) is 0 Å². The number of rotatable bonds is 7. The summed E-state index contributed by atoms with van der Waals surface area (Å²) < 4.78 is 22.1. The molecule has 0 atom stereocenters. The van der Waals surface area contributed by atoms with Gasteiger partial charge in [-0.2, -0.15) is 0 Å². The molecule has 3 heterocycles. The third-order valence-corrected chi connectivity index (χ3v) is 9.18. The molecular weight excluding hydrogens is 455 g/mol. The number of primary amides is 1. The highest BCUT2D eigenvalue weighted by molar-refractivity contribution is 5.86. The first-order chi connectivity index (χ1) is 17.4. The maximum atomic E-state index is 14.4. The van der Waals surface area contributed by atoms with Gasteiger partial charge in [-0.1, -0.05) is 13.8 Å². The molecule has 1 aromatic carbocycles. The van der Waals surface area contributed by atoms with Gasteiger partial charge in [0.1, 0.15) is 12.4 Å². The molecule has 198 valence electrons. The molecule has 0 unspecified atom stereocenters. The second-order valence-electron chi connectivity index (χ2n) is 11.6. The van der Waals surface area contributed by atoms with Gasteiger partial charge in [0.05, 0.1) is 5.69 Å². The topological polar surface area (TPSA) is 63.7 Å². The Kier molecular flexibility index (Phi) is 7.87. The van der Waals surface area contributed by atoms with Gasteiger partial charge in [-0.05, 0) is 100 Å². The summed E-state index contributed by atoms with van der Waals surface area (Å²) >= 11 is 0. The largest absolute Gasteiger partial charge is 0.443 e. The van der Waals surface area contributed by atoms with Crippen LogP contribution in [-0.2, 0) is 17.9 Å². The van der Waals surface area contributed by atoms with Gasteiger partial charge in [-0.25, -0.2) is 9.18 Å². The molecule has 5 rings (SSSR count). The van der Waals surface area contributed by atoms with Crippen LogP contribution in [0, 0.1) is 17.7 Å². The van der Waals surface area contributed by atoms with Gasteiger partial charge in [0.15, 0.2) is 0 Å². The number of piperidine rings is 1. The number of hydrogen-bond donors (Lipinski definition) is 1. The van der Waals surface area contributed by atoms with E-state index < -0.39 is 6.09 Å². The maximum absolute atomic E-state index is 14.4. The third kappa shape index (κ3) is 5.42. The van der Waals surface area contributed by atoms with E-state index in [0.717, 1.165) is 79.6 Å². The zero-order valence-corrected chi connectivity index (χ0v) is 22.1. The summed E-state index contributed by atoms with van der Waals surface area (Å²) in [6, 6.07) is 6.14. The van der Waals surface area contributed by atoms with E-state index in [1.165, 1.54) is 38.5 Å². The predicted octanol–water partition coefficient (Wildman–Crippen LogP) is 5.82. The van der Waals surface area contributed by atoms with Crippen LogP contribution in [0.4, 0.5) is 9.18 Å². The van der Waals surface area contributed by atoms with Crippen molar-refractivity contribution in [2.75, 3.05) is 26.2 Å². The number of hydrogen-bond acceptors (Lipinski definition) is 4. The average Bonchev–Trinajstić information content (AvgIpc) is 3.49. The number of carbonyl (C=O) groups excluding carboxylic acids is 1. The maximum Gasteiger partial charge on any atom is 0.404 e. The first kappa shape index (κ1) is 25.5. The molecule has 0 spiro atoms. The summed E-state index contributed by atoms with van der Waals surface area (Å²) in [6.45, 7) is 9.88. The first-order valence-corrected chi connectivity index (χ1v) is 14.1. The van der Waals surface area contributed by atoms with Crippen molar-refractivity contribution in [3.8, 4) is 0 Å². The monoisotopic (exact) mass is 498 g/mol. The molecule has 3 fully saturated rings. The van der Waals surface area contributed by atoms with Crippen LogP contribution in [0.2, 0.25) is 0 Å². The highest BCUT2D eigenvalue weighted by Crippen LogP contribution is 2.38. The standard InChI is InChI=1S/C29H43FN4O2/c1-20(2)21-5-8-23(9-6-21)33-15-11-24(12-16-33)34-27-10-7-22(30)17-25(27)26(18-32-13-3-4-14-32)28(34)19-36-29(31)35/h7,10,17,20-21,23-24H,3-6,8-9,11-16,18-19H2,1-2H3,(H2,31,35)/t21-,23+. The second-order valence-corrected chi connectivity index (χ2v) is 11.6. The van der Waals surface area contributed by atoms with Crippen LogP contribution in [0.5, 0.6) is 0 Å². The van der Waals surface area contributed by atoms with E-state index in [1.54, 1.807) is 12.1 Å². The van der Waals surface area contributed by atoms with Gasteiger partial charge in [0.25, 0.3) is 0 Å². The molecule has 1 saturated carbocycles. The Morgan fingerprint density at radius 1 is 1.03 bits per heavy atom. The molecule has 3 aliphatic rings. The lowest BCUT2D eigenvalue weighted by molar-refractivity contribution is 0.0875. The number of carbonyl (C=O) groups is 1. The number of ether oxygens (including phenoxy) is 1. The van der Waals surface area contributed by atoms with Crippen molar-refractivity contribution >= 4 is 17.0 Å². The van der Waals surface area contributed by atoms with Crippen LogP contribution in [0.1, 0.15) is 82.5 Å². The second kappa shape index (κ2) is 11.1. The molecule has 2 saturated heterocycles. The van der Waals surface area contributed by atoms with Crippen LogP contribution in [0.15, 0.2) is 18.2 Å². The minimum absolute atomic E-state index is 0.133. The van der Waals surface area contributed by atoms with Gasteiger partial charge >= 0.3 is 6.09 Å². The Bertz CT molecular complexity index is 1050. The fraction of sp³-hybridized carbons (Fsp3) is 0.690. The van der Waals surface area contributed by atoms with E-state index in [1.807, 2.05) is 6.07 Å². The van der Waals surface area contributed by atoms with Gasteiger partial charge < -0.3 is 19.9 Å². The van der Waals surface area contributed by atoms with Crippen molar-refractivity contribution in [2.24, 2.45) is 17.6 Å². The molecule has 0 radical (unpaired) electrons. The number of halogens is 1. The molecule has 7 heteroatoms. The van der Waals surface area contributed by atoms with E-state index in [2.05, 4.69) is 28.2 Å². The highest BCUT2D eigenvalue weighted by atomic mass is 19.1. The number of amides is 1. The zero-order valence-electron chi connectivity index (χ0n) is 22.1. The quantitative estimate of drug-likeness (QED) is 0.522. The Labute approximate surface area is 214 Å². The number of benzene rings is 1. The molecule has 0 bridgehead atoms. The van der Waals surface area contributed by atoms with Gasteiger partial charge in [0, 0.05) is 42.6 Å². The lowest BCUT2D eigenvalue weighted by atomic mass is 9.79. The minimum atomic E-state index is -0.767. The van der Waals surface area contributed by atoms with E-state index in [9.17, 15) is 9.18 Å². The van der Waals surface area contributed by atoms with E-state index in [4.69, 9.17) is 10.5 Å². The van der Waals surface area contributed by atoms with E-state index in [0.29, 0.717) is 12.1 Å². The van der Waals surface area contributed by atoms with Crippen molar-refractivity contribution in [1.29, 1.82) is 0 Å². The van der Waals surface area contributed by atoms with Gasteiger partial charge in [-0.3, -0.25) is 4.90 Å². The predicted molar refractivity (Wildman–Crippen MR) is 141 cm³/mol. The summed E-state index contributed by atoms with van der Waals surface area (Å²) in [5, 5.41) is 0.944. The zero-order chi connectivity index (χ0) is 25.2. The molecule has 1 amide bonds. The Morgan fingerprint density at radius 2 is 1.72 bits per heavy atom. The smallest absolute Gasteiger partial charge is 0.404 e.